The zero-order valence-electron chi connectivity index (χ0n) is 10.4. The number of aliphatic hydroxyl groups is 1. The number of carbonyl (C=O) groups excluding carboxylic acids is 1. The molecule has 0 aliphatic carbocycles. The van der Waals surface area contributed by atoms with Gasteiger partial charge in [0, 0.05) is 19.7 Å². The Morgan fingerprint density at radius 1 is 1.58 bits per heavy atom. The van der Waals surface area contributed by atoms with Gasteiger partial charge in [-0.1, -0.05) is 11.8 Å². The Balaban J connectivity index is 2.94. The highest BCUT2D eigenvalue weighted by Crippen LogP contribution is 2.08. The molecule has 0 fully saturated rings. The second-order valence-corrected chi connectivity index (χ2v) is 3.75. The number of pyridine rings is 1. The van der Waals surface area contributed by atoms with Crippen LogP contribution in [-0.4, -0.2) is 47.5 Å². The van der Waals surface area contributed by atoms with Crippen LogP contribution in [0.25, 0.3) is 0 Å². The molecule has 0 bridgehead atoms. The lowest BCUT2D eigenvalue weighted by atomic mass is 10.1. The standard InChI is InChI=1S/C13H14F2N2O2/c1-17(9-11(14)15)13(19)12-10(5-2-3-8-18)6-4-7-16-12/h4,6-7,11,18H,3,8-9H2,1H3. The van der Waals surface area contributed by atoms with Crippen LogP contribution < -0.4 is 0 Å². The van der Waals surface area contributed by atoms with Gasteiger partial charge in [-0.2, -0.15) is 0 Å². The van der Waals surface area contributed by atoms with E-state index >= 15 is 0 Å². The van der Waals surface area contributed by atoms with Crippen molar-refractivity contribution in [3.63, 3.8) is 0 Å². The molecule has 1 N–H and O–H groups in total. The van der Waals surface area contributed by atoms with Crippen LogP contribution in [0.4, 0.5) is 8.78 Å². The van der Waals surface area contributed by atoms with Crippen molar-refractivity contribution in [2.24, 2.45) is 0 Å². The van der Waals surface area contributed by atoms with Gasteiger partial charge in [-0.05, 0) is 12.1 Å². The highest BCUT2D eigenvalue weighted by Gasteiger charge is 2.19. The van der Waals surface area contributed by atoms with Gasteiger partial charge in [0.05, 0.1) is 18.7 Å². The number of alkyl halides is 2. The van der Waals surface area contributed by atoms with Crippen molar-refractivity contribution in [2.75, 3.05) is 20.2 Å². The molecule has 1 aromatic heterocycles. The average molecular weight is 268 g/mol. The van der Waals surface area contributed by atoms with Gasteiger partial charge in [0.2, 0.25) is 0 Å². The molecular weight excluding hydrogens is 254 g/mol. The number of aromatic nitrogens is 1. The van der Waals surface area contributed by atoms with E-state index in [0.29, 0.717) is 5.56 Å². The van der Waals surface area contributed by atoms with Crippen LogP contribution in [0, 0.1) is 11.8 Å². The normalized spacial score (nSPS) is 9.95. The van der Waals surface area contributed by atoms with Gasteiger partial charge in [-0.3, -0.25) is 4.79 Å². The maximum atomic E-state index is 12.2. The quantitative estimate of drug-likeness (QED) is 0.833. The van der Waals surface area contributed by atoms with E-state index in [2.05, 4.69) is 16.8 Å². The first-order valence-electron chi connectivity index (χ1n) is 5.64. The van der Waals surface area contributed by atoms with E-state index in [1.54, 1.807) is 12.1 Å². The number of rotatable bonds is 4. The first-order chi connectivity index (χ1) is 9.06. The smallest absolute Gasteiger partial charge is 0.273 e. The SMILES string of the molecule is CN(CC(F)F)C(=O)c1ncccc1C#CCCO. The van der Waals surface area contributed by atoms with Gasteiger partial charge in [0.1, 0.15) is 5.69 Å². The van der Waals surface area contributed by atoms with Crippen LogP contribution in [-0.2, 0) is 0 Å². The van der Waals surface area contributed by atoms with Crippen molar-refractivity contribution in [2.45, 2.75) is 12.8 Å². The van der Waals surface area contributed by atoms with Gasteiger partial charge in [0.15, 0.2) is 0 Å². The summed E-state index contributed by atoms with van der Waals surface area (Å²) < 4.78 is 24.5. The van der Waals surface area contributed by atoms with Gasteiger partial charge < -0.3 is 10.0 Å². The molecule has 0 aliphatic rings. The molecule has 1 heterocycles. The fourth-order valence-corrected chi connectivity index (χ4v) is 1.36. The largest absolute Gasteiger partial charge is 0.395 e. The summed E-state index contributed by atoms with van der Waals surface area (Å²) in [6, 6.07) is 3.19. The lowest BCUT2D eigenvalue weighted by Crippen LogP contribution is -2.32. The molecular formula is C13H14F2N2O2. The minimum absolute atomic E-state index is 0.0380. The van der Waals surface area contributed by atoms with E-state index in [4.69, 9.17) is 5.11 Å². The Labute approximate surface area is 110 Å². The predicted molar refractivity (Wildman–Crippen MR) is 65.8 cm³/mol. The zero-order valence-corrected chi connectivity index (χ0v) is 10.4. The molecule has 0 aromatic carbocycles. The first kappa shape index (κ1) is 15.1. The lowest BCUT2D eigenvalue weighted by molar-refractivity contribution is 0.0615. The minimum Gasteiger partial charge on any atom is -0.395 e. The van der Waals surface area contributed by atoms with E-state index in [1.165, 1.54) is 13.2 Å². The second kappa shape index (κ2) is 7.44. The van der Waals surface area contributed by atoms with Crippen LogP contribution in [0.2, 0.25) is 0 Å². The number of carbonyl (C=O) groups is 1. The fraction of sp³-hybridized carbons (Fsp3) is 0.385. The zero-order chi connectivity index (χ0) is 14.3. The summed E-state index contributed by atoms with van der Waals surface area (Å²) in [4.78, 5) is 16.7. The number of aliphatic hydroxyl groups excluding tert-OH is 1. The van der Waals surface area contributed by atoms with Crippen molar-refractivity contribution in [3.05, 3.63) is 29.6 Å². The average Bonchev–Trinajstić information content (AvgIpc) is 2.38. The molecule has 1 aromatic rings. The highest BCUT2D eigenvalue weighted by atomic mass is 19.3. The Hall–Kier alpha value is -2.00. The molecule has 1 rings (SSSR count). The molecule has 102 valence electrons. The highest BCUT2D eigenvalue weighted by molar-refractivity contribution is 5.94. The lowest BCUT2D eigenvalue weighted by Gasteiger charge is -2.16. The third kappa shape index (κ3) is 4.64. The van der Waals surface area contributed by atoms with Crippen molar-refractivity contribution in [3.8, 4) is 11.8 Å². The molecule has 0 saturated heterocycles. The third-order valence-electron chi connectivity index (χ3n) is 2.23. The van der Waals surface area contributed by atoms with Crippen molar-refractivity contribution < 1.29 is 18.7 Å². The molecule has 0 spiro atoms. The van der Waals surface area contributed by atoms with Crippen LogP contribution in [0.5, 0.6) is 0 Å². The topological polar surface area (TPSA) is 53.4 Å². The third-order valence-corrected chi connectivity index (χ3v) is 2.23. The maximum Gasteiger partial charge on any atom is 0.273 e. The number of hydrogen-bond donors (Lipinski definition) is 1. The molecule has 0 radical (unpaired) electrons. The minimum atomic E-state index is -2.60. The number of halogens is 2. The Morgan fingerprint density at radius 2 is 2.32 bits per heavy atom. The first-order valence-corrected chi connectivity index (χ1v) is 5.64. The molecule has 19 heavy (non-hydrogen) atoms. The van der Waals surface area contributed by atoms with Crippen LogP contribution in [0.15, 0.2) is 18.3 Å². The molecule has 0 unspecified atom stereocenters. The number of nitrogens with zero attached hydrogens (tertiary/aromatic N) is 2. The van der Waals surface area contributed by atoms with Gasteiger partial charge in [0.25, 0.3) is 12.3 Å². The predicted octanol–water partition coefficient (Wildman–Crippen LogP) is 1.15. The van der Waals surface area contributed by atoms with E-state index < -0.39 is 18.9 Å². The summed E-state index contributed by atoms with van der Waals surface area (Å²) in [7, 11) is 1.29. The van der Waals surface area contributed by atoms with Crippen molar-refractivity contribution in [1.29, 1.82) is 0 Å². The summed E-state index contributed by atoms with van der Waals surface area (Å²) in [6.45, 7) is -0.735. The molecule has 6 heteroatoms. The summed E-state index contributed by atoms with van der Waals surface area (Å²) in [6.07, 6.45) is -0.919. The molecule has 1 amide bonds. The van der Waals surface area contributed by atoms with Gasteiger partial charge in [-0.25, -0.2) is 13.8 Å². The van der Waals surface area contributed by atoms with Gasteiger partial charge >= 0.3 is 0 Å². The second-order valence-electron chi connectivity index (χ2n) is 3.75. The Morgan fingerprint density at radius 3 is 2.95 bits per heavy atom. The summed E-state index contributed by atoms with van der Waals surface area (Å²) in [5.74, 6) is 4.76. The molecule has 4 nitrogen and oxygen atoms in total. The Kier molecular flexibility index (Phi) is 5.90. The van der Waals surface area contributed by atoms with Crippen molar-refractivity contribution in [1.82, 2.24) is 9.88 Å². The van der Waals surface area contributed by atoms with E-state index in [9.17, 15) is 13.6 Å². The van der Waals surface area contributed by atoms with Gasteiger partial charge in [-0.15, -0.1) is 0 Å². The Bertz CT molecular complexity index is 495. The van der Waals surface area contributed by atoms with Crippen molar-refractivity contribution >= 4 is 5.91 Å². The summed E-state index contributed by atoms with van der Waals surface area (Å²) in [5, 5.41) is 8.63. The van der Waals surface area contributed by atoms with E-state index in [1.807, 2.05) is 0 Å². The molecule has 0 aliphatic heterocycles. The monoisotopic (exact) mass is 268 g/mol. The fourth-order valence-electron chi connectivity index (χ4n) is 1.36. The van der Waals surface area contributed by atoms with E-state index in [0.717, 1.165) is 4.90 Å². The number of amides is 1. The summed E-state index contributed by atoms with van der Waals surface area (Å²) in [5.41, 5.74) is 0.401. The van der Waals surface area contributed by atoms with Crippen LogP contribution in [0.1, 0.15) is 22.5 Å². The maximum absolute atomic E-state index is 12.2. The molecule has 0 atom stereocenters. The van der Waals surface area contributed by atoms with Crippen LogP contribution in [0.3, 0.4) is 0 Å². The van der Waals surface area contributed by atoms with Crippen LogP contribution >= 0.6 is 0 Å². The summed E-state index contributed by atoms with van der Waals surface area (Å²) >= 11 is 0. The van der Waals surface area contributed by atoms with E-state index in [-0.39, 0.29) is 18.7 Å². The molecule has 0 saturated carbocycles. The number of hydrogen-bond acceptors (Lipinski definition) is 3.